The zero-order valence-electron chi connectivity index (χ0n) is 10.6. The normalized spacial score (nSPS) is 17.4. The number of methoxy groups -OCH3 is 2. The van der Waals surface area contributed by atoms with Crippen molar-refractivity contribution in [1.82, 2.24) is 9.55 Å². The van der Waals surface area contributed by atoms with E-state index in [0.717, 1.165) is 14.2 Å². The van der Waals surface area contributed by atoms with Crippen molar-refractivity contribution in [3.05, 3.63) is 16.1 Å². The van der Waals surface area contributed by atoms with Gasteiger partial charge in [0.15, 0.2) is 26.0 Å². The van der Waals surface area contributed by atoms with E-state index in [9.17, 15) is 18.0 Å². The van der Waals surface area contributed by atoms with Gasteiger partial charge in [0.25, 0.3) is 0 Å². The van der Waals surface area contributed by atoms with Gasteiger partial charge in [-0.3, -0.25) is 0 Å². The van der Waals surface area contributed by atoms with Gasteiger partial charge in [0.2, 0.25) is 0 Å². The molecule has 0 unspecified atom stereocenters. The van der Waals surface area contributed by atoms with Crippen molar-refractivity contribution in [1.29, 1.82) is 0 Å². The first-order valence-corrected chi connectivity index (χ1v) is 8.07. The fraction of sp³-hybridized carbons (Fsp3) is 0.500. The Balaban J connectivity index is 2.53. The molecule has 0 aliphatic carbocycles. The van der Waals surface area contributed by atoms with Gasteiger partial charge < -0.3 is 14.0 Å². The summed E-state index contributed by atoms with van der Waals surface area (Å²) in [6, 6.07) is -0.464. The van der Waals surface area contributed by atoms with Crippen LogP contribution in [0.4, 0.5) is 0 Å². The zero-order chi connectivity index (χ0) is 15.1. The van der Waals surface area contributed by atoms with E-state index in [2.05, 4.69) is 30.4 Å². The van der Waals surface area contributed by atoms with Gasteiger partial charge in [0.05, 0.1) is 31.8 Å². The number of carbonyl (C=O) groups is 2. The Morgan fingerprint density at radius 2 is 1.80 bits per heavy atom. The number of imidazole rings is 1. The molecule has 10 heteroatoms. The molecule has 2 rings (SSSR count). The third kappa shape index (κ3) is 2.44. The SMILES string of the molecule is COC(=O)c1nc(Br)n(C2CS(=O)(=O)C2)c1C(=O)OC. The third-order valence-corrected chi connectivity index (χ3v) is 5.23. The second-order valence-electron chi connectivity index (χ2n) is 4.16. The highest BCUT2D eigenvalue weighted by atomic mass is 79.9. The topological polar surface area (TPSA) is 105 Å². The van der Waals surface area contributed by atoms with E-state index in [1.165, 1.54) is 4.57 Å². The number of esters is 2. The lowest BCUT2D eigenvalue weighted by Gasteiger charge is -2.28. The van der Waals surface area contributed by atoms with E-state index in [4.69, 9.17) is 0 Å². The number of halogens is 1. The quantitative estimate of drug-likeness (QED) is 0.703. The summed E-state index contributed by atoms with van der Waals surface area (Å²) in [6.45, 7) is 0. The Bertz CT molecular complexity index is 668. The Kier molecular flexibility index (Phi) is 3.87. The molecule has 1 aliphatic heterocycles. The van der Waals surface area contributed by atoms with Gasteiger partial charge in [-0.15, -0.1) is 0 Å². The first kappa shape index (κ1) is 15.0. The maximum Gasteiger partial charge on any atom is 0.359 e. The molecule has 0 amide bonds. The number of nitrogens with zero attached hydrogens (tertiary/aromatic N) is 2. The van der Waals surface area contributed by atoms with Crippen LogP contribution in [0.3, 0.4) is 0 Å². The molecule has 0 aromatic carbocycles. The lowest BCUT2D eigenvalue weighted by atomic mass is 10.2. The Hall–Kier alpha value is -1.42. The minimum Gasteiger partial charge on any atom is -0.464 e. The molecule has 1 aliphatic rings. The summed E-state index contributed by atoms with van der Waals surface area (Å²) < 4.78 is 33.2. The van der Waals surface area contributed by atoms with Crippen LogP contribution >= 0.6 is 15.9 Å². The van der Waals surface area contributed by atoms with Gasteiger partial charge in [-0.05, 0) is 15.9 Å². The largest absolute Gasteiger partial charge is 0.464 e. The highest BCUT2D eigenvalue weighted by Crippen LogP contribution is 2.31. The predicted molar refractivity (Wildman–Crippen MR) is 70.3 cm³/mol. The number of carbonyl (C=O) groups excluding carboxylic acids is 2. The van der Waals surface area contributed by atoms with E-state index < -0.39 is 27.8 Å². The number of aromatic nitrogens is 2. The smallest absolute Gasteiger partial charge is 0.359 e. The first-order chi connectivity index (χ1) is 9.30. The molecular weight excluding hydrogens is 356 g/mol. The van der Waals surface area contributed by atoms with Crippen LogP contribution in [0.2, 0.25) is 0 Å². The maximum absolute atomic E-state index is 11.8. The molecule has 1 saturated heterocycles. The molecule has 1 fully saturated rings. The van der Waals surface area contributed by atoms with Crippen LogP contribution < -0.4 is 0 Å². The minimum atomic E-state index is -3.10. The lowest BCUT2D eigenvalue weighted by Crippen LogP contribution is -2.39. The van der Waals surface area contributed by atoms with Crippen LogP contribution in [0.25, 0.3) is 0 Å². The summed E-state index contributed by atoms with van der Waals surface area (Å²) in [7, 11) is -0.783. The van der Waals surface area contributed by atoms with Crippen LogP contribution in [0.5, 0.6) is 0 Å². The van der Waals surface area contributed by atoms with Crippen LogP contribution in [-0.4, -0.2) is 55.6 Å². The summed E-state index contributed by atoms with van der Waals surface area (Å²) in [4.78, 5) is 27.4. The van der Waals surface area contributed by atoms with E-state index in [-0.39, 0.29) is 27.6 Å². The monoisotopic (exact) mass is 366 g/mol. The van der Waals surface area contributed by atoms with Crippen LogP contribution in [-0.2, 0) is 19.3 Å². The summed E-state index contributed by atoms with van der Waals surface area (Å²) in [5, 5.41) is 0. The first-order valence-electron chi connectivity index (χ1n) is 5.45. The van der Waals surface area contributed by atoms with Gasteiger partial charge >= 0.3 is 11.9 Å². The molecule has 110 valence electrons. The highest BCUT2D eigenvalue weighted by molar-refractivity contribution is 9.10. The number of ether oxygens (including phenoxy) is 2. The second-order valence-corrected chi connectivity index (χ2v) is 7.03. The van der Waals surface area contributed by atoms with Gasteiger partial charge in [0.1, 0.15) is 0 Å². The van der Waals surface area contributed by atoms with E-state index >= 15 is 0 Å². The molecule has 0 bridgehead atoms. The molecular formula is C10H11BrN2O6S. The molecule has 1 aromatic heterocycles. The third-order valence-electron chi connectivity index (χ3n) is 2.88. The molecule has 1 aromatic rings. The molecule has 2 heterocycles. The van der Waals surface area contributed by atoms with Crippen LogP contribution in [0.1, 0.15) is 27.0 Å². The fourth-order valence-corrected chi connectivity index (χ4v) is 3.97. The fourth-order valence-electron chi connectivity index (χ4n) is 1.96. The maximum atomic E-state index is 11.8. The van der Waals surface area contributed by atoms with Crippen molar-refractivity contribution in [3.8, 4) is 0 Å². The summed E-state index contributed by atoms with van der Waals surface area (Å²) >= 11 is 3.12. The number of hydrogen-bond donors (Lipinski definition) is 0. The minimum absolute atomic E-state index is 0.118. The molecule has 8 nitrogen and oxygen atoms in total. The van der Waals surface area contributed by atoms with Crippen molar-refractivity contribution < 1.29 is 27.5 Å². The molecule has 0 radical (unpaired) electrons. The average molecular weight is 367 g/mol. The molecule has 20 heavy (non-hydrogen) atoms. The zero-order valence-corrected chi connectivity index (χ0v) is 13.0. The predicted octanol–water partition coefficient (Wildman–Crippen LogP) is 0.188. The van der Waals surface area contributed by atoms with Gasteiger partial charge in [0, 0.05) is 0 Å². The van der Waals surface area contributed by atoms with E-state index in [1.807, 2.05) is 0 Å². The summed E-state index contributed by atoms with van der Waals surface area (Å²) in [5.74, 6) is -1.82. The van der Waals surface area contributed by atoms with Gasteiger partial charge in [-0.1, -0.05) is 0 Å². The van der Waals surface area contributed by atoms with Crippen molar-refractivity contribution >= 4 is 37.7 Å². The van der Waals surface area contributed by atoms with Crippen molar-refractivity contribution in [2.45, 2.75) is 6.04 Å². The van der Waals surface area contributed by atoms with Crippen molar-refractivity contribution in [3.63, 3.8) is 0 Å². The Morgan fingerprint density at radius 3 is 2.25 bits per heavy atom. The molecule has 0 spiro atoms. The number of rotatable bonds is 3. The standard InChI is InChI=1S/C10H11BrN2O6S/c1-18-8(14)6-7(9(15)19-2)13(10(11)12-6)5-3-20(16,17)4-5/h5H,3-4H2,1-2H3. The van der Waals surface area contributed by atoms with Gasteiger partial charge in [-0.2, -0.15) is 0 Å². The van der Waals surface area contributed by atoms with Gasteiger partial charge in [-0.25, -0.2) is 23.0 Å². The summed E-state index contributed by atoms with van der Waals surface area (Å²) in [5.41, 5.74) is -0.332. The molecule has 0 saturated carbocycles. The number of sulfone groups is 1. The Morgan fingerprint density at radius 1 is 1.25 bits per heavy atom. The van der Waals surface area contributed by atoms with E-state index in [0.29, 0.717) is 0 Å². The average Bonchev–Trinajstić information content (AvgIpc) is 2.71. The van der Waals surface area contributed by atoms with Crippen LogP contribution in [0, 0.1) is 0 Å². The lowest BCUT2D eigenvalue weighted by molar-refractivity contribution is 0.0542. The number of hydrogen-bond acceptors (Lipinski definition) is 7. The Labute approximate surface area is 123 Å². The summed E-state index contributed by atoms with van der Waals surface area (Å²) in [6.07, 6.45) is 0. The highest BCUT2D eigenvalue weighted by Gasteiger charge is 2.40. The molecule has 0 atom stereocenters. The van der Waals surface area contributed by atoms with Crippen LogP contribution in [0.15, 0.2) is 4.73 Å². The van der Waals surface area contributed by atoms with E-state index in [1.54, 1.807) is 0 Å². The van der Waals surface area contributed by atoms with Crippen molar-refractivity contribution in [2.75, 3.05) is 25.7 Å². The van der Waals surface area contributed by atoms with Crippen molar-refractivity contribution in [2.24, 2.45) is 0 Å². The molecule has 0 N–H and O–H groups in total. The second kappa shape index (κ2) is 5.17.